The third kappa shape index (κ3) is 13.2. The number of β-amino-alcohol motifs (C(OH)–C–C–N with tert-alkyl or cyclic N) is 1. The van der Waals surface area contributed by atoms with E-state index in [1.807, 2.05) is 119 Å². The van der Waals surface area contributed by atoms with Crippen LogP contribution < -0.4 is 20.7 Å². The minimum atomic E-state index is -0.833. The van der Waals surface area contributed by atoms with E-state index in [2.05, 4.69) is 25.4 Å². The summed E-state index contributed by atoms with van der Waals surface area (Å²) in [4.78, 5) is 61.7. The predicted octanol–water partition coefficient (Wildman–Crippen LogP) is 6.36. The molecule has 5 N–H and O–H groups in total. The normalized spacial score (nSPS) is 20.4. The maximum absolute atomic E-state index is 13.8. The Hall–Kier alpha value is -6.45. The number of carbonyl (C=O) groups excluding carboxylic acids is 4. The van der Waals surface area contributed by atoms with Gasteiger partial charge >= 0.3 is 0 Å². The topological polar surface area (TPSA) is 179 Å². The summed E-state index contributed by atoms with van der Waals surface area (Å²) < 4.78 is 0. The van der Waals surface area contributed by atoms with Gasteiger partial charge in [0.1, 0.15) is 17.7 Å². The number of phenols is 1. The number of nitrogens with one attached hydrogen (secondary N) is 2. The number of piperazine rings is 1. The Morgan fingerprint density at radius 3 is 2.10 bits per heavy atom. The number of anilines is 2. The number of pyridine rings is 1. The standard InChI is InChI=1S/C36H47N5O4.C19H20N2O3/c1-36(2,3)39-35(45)31-24-40(22-26-12-9-15-37-21-26)16-17-41(31)23-29(42)19-28(18-25-10-5-4-6-11-25)34(44)38-33-30-14-8-7-13-27(30)20-32(33)43;1-2-3-9-17-18(23)20(14-7-5-4-6-8-14)21(19(17)24)15-10-12-16(22)13-11-15/h4-15,21,28-29,31-33,42-43H,16-20,22-24H2,1-3H3,(H,38,44)(H,39,45);4-8,10-13,17,22H,2-3,9H2,1H3/t28-,29+,31+,32-,33+;/m1./s1. The van der Waals surface area contributed by atoms with Gasteiger partial charge in [0.2, 0.25) is 11.8 Å². The number of rotatable bonds is 16. The lowest BCUT2D eigenvalue weighted by Crippen LogP contribution is -2.61. The smallest absolute Gasteiger partial charge is 0.258 e. The van der Waals surface area contributed by atoms with Crippen LogP contribution in [0.25, 0.3) is 0 Å². The highest BCUT2D eigenvalue weighted by molar-refractivity contribution is 6.23. The fraction of sp³-hybridized carbons (Fsp3) is 0.400. The molecule has 2 aliphatic heterocycles. The Morgan fingerprint density at radius 2 is 1.45 bits per heavy atom. The molecule has 69 heavy (non-hydrogen) atoms. The molecule has 4 amide bonds. The minimum Gasteiger partial charge on any atom is -0.508 e. The number of amides is 4. The molecule has 14 heteroatoms. The molecule has 4 aromatic carbocycles. The molecular weight excluding hydrogens is 871 g/mol. The van der Waals surface area contributed by atoms with Gasteiger partial charge in [-0.15, -0.1) is 0 Å². The lowest BCUT2D eigenvalue weighted by Gasteiger charge is -2.42. The van der Waals surface area contributed by atoms with Crippen LogP contribution in [-0.2, 0) is 38.6 Å². The number of aromatic hydroxyl groups is 1. The van der Waals surface area contributed by atoms with Gasteiger partial charge in [-0.2, -0.15) is 0 Å². The molecule has 1 unspecified atom stereocenters. The second kappa shape index (κ2) is 23.2. The van der Waals surface area contributed by atoms with Crippen molar-refractivity contribution in [2.45, 2.75) is 103 Å². The summed E-state index contributed by atoms with van der Waals surface area (Å²) in [6.45, 7) is 10.8. The van der Waals surface area contributed by atoms with Gasteiger partial charge in [0, 0.05) is 63.0 Å². The summed E-state index contributed by atoms with van der Waals surface area (Å²) in [5, 5.41) is 40.8. The van der Waals surface area contributed by atoms with Gasteiger partial charge < -0.3 is 26.0 Å². The molecule has 0 bridgehead atoms. The fourth-order valence-corrected chi connectivity index (χ4v) is 9.47. The number of hydrogen-bond acceptors (Lipinski definition) is 10. The molecule has 0 radical (unpaired) electrons. The van der Waals surface area contributed by atoms with Crippen molar-refractivity contribution in [3.8, 4) is 5.75 Å². The van der Waals surface area contributed by atoms with Gasteiger partial charge in [-0.05, 0) is 105 Å². The maximum atomic E-state index is 13.8. The predicted molar refractivity (Wildman–Crippen MR) is 267 cm³/mol. The Labute approximate surface area is 405 Å². The van der Waals surface area contributed by atoms with Crippen molar-refractivity contribution in [2.75, 3.05) is 36.2 Å². The third-order valence-corrected chi connectivity index (χ3v) is 12.9. The van der Waals surface area contributed by atoms with Gasteiger partial charge in [-0.25, -0.2) is 10.0 Å². The minimum absolute atomic E-state index is 0.0712. The quantitative estimate of drug-likeness (QED) is 0.0700. The van der Waals surface area contributed by atoms with E-state index < -0.39 is 41.7 Å². The van der Waals surface area contributed by atoms with Crippen LogP contribution in [0.1, 0.15) is 81.7 Å². The second-order valence-electron chi connectivity index (χ2n) is 19.4. The molecule has 2 saturated heterocycles. The van der Waals surface area contributed by atoms with Crippen molar-refractivity contribution in [2.24, 2.45) is 11.8 Å². The van der Waals surface area contributed by atoms with Gasteiger partial charge in [0.25, 0.3) is 11.8 Å². The van der Waals surface area contributed by atoms with Crippen LogP contribution in [-0.4, -0.2) is 104 Å². The Balaban J connectivity index is 0.000000246. The summed E-state index contributed by atoms with van der Waals surface area (Å²) in [7, 11) is 0. The molecule has 3 aliphatic rings. The number of phenolic OH excluding ortho intramolecular Hbond substituents is 1. The number of aromatic nitrogens is 1. The number of nitrogens with zero attached hydrogens (tertiary/aromatic N) is 5. The molecule has 5 aromatic rings. The van der Waals surface area contributed by atoms with Crippen molar-refractivity contribution in [3.63, 3.8) is 0 Å². The highest BCUT2D eigenvalue weighted by Gasteiger charge is 2.46. The lowest BCUT2D eigenvalue weighted by atomic mass is 9.91. The van der Waals surface area contributed by atoms with E-state index in [0.29, 0.717) is 50.3 Å². The molecule has 1 aliphatic carbocycles. The van der Waals surface area contributed by atoms with Crippen LogP contribution in [0.4, 0.5) is 11.4 Å². The first kappa shape index (κ1) is 50.4. The van der Waals surface area contributed by atoms with Crippen molar-refractivity contribution in [1.82, 2.24) is 25.4 Å². The summed E-state index contributed by atoms with van der Waals surface area (Å²) in [6.07, 6.45) is 5.57. The van der Waals surface area contributed by atoms with Gasteiger partial charge in [0.05, 0.1) is 29.6 Å². The average molecular weight is 938 g/mol. The van der Waals surface area contributed by atoms with E-state index in [0.717, 1.165) is 41.6 Å². The van der Waals surface area contributed by atoms with Crippen LogP contribution in [0, 0.1) is 11.8 Å². The number of aliphatic hydroxyl groups is 2. The Bertz CT molecular complexity index is 2470. The molecule has 2 fully saturated rings. The number of carbonyl (C=O) groups is 4. The van der Waals surface area contributed by atoms with Crippen LogP contribution in [0.15, 0.2) is 134 Å². The summed E-state index contributed by atoms with van der Waals surface area (Å²) in [6, 6.07) is 36.1. The average Bonchev–Trinajstić information content (AvgIpc) is 3.78. The van der Waals surface area contributed by atoms with Crippen molar-refractivity contribution < 1.29 is 34.5 Å². The monoisotopic (exact) mass is 938 g/mol. The first-order valence-electron chi connectivity index (χ1n) is 24.2. The Kier molecular flexibility index (Phi) is 17.0. The van der Waals surface area contributed by atoms with Crippen LogP contribution in [0.3, 0.4) is 0 Å². The van der Waals surface area contributed by atoms with Crippen LogP contribution in [0.5, 0.6) is 5.75 Å². The maximum Gasteiger partial charge on any atom is 0.258 e. The Morgan fingerprint density at radius 1 is 0.812 bits per heavy atom. The van der Waals surface area contributed by atoms with Crippen molar-refractivity contribution >= 4 is 35.0 Å². The van der Waals surface area contributed by atoms with E-state index >= 15 is 0 Å². The van der Waals surface area contributed by atoms with Gasteiger partial charge in [-0.3, -0.25) is 34.0 Å². The zero-order valence-electron chi connectivity index (χ0n) is 40.2. The number of para-hydroxylation sites is 1. The summed E-state index contributed by atoms with van der Waals surface area (Å²) in [5.41, 5.74) is 4.90. The first-order valence-corrected chi connectivity index (χ1v) is 24.2. The van der Waals surface area contributed by atoms with E-state index in [-0.39, 0.29) is 42.3 Å². The molecule has 3 heterocycles. The molecule has 0 saturated carbocycles. The molecule has 8 rings (SSSR count). The summed E-state index contributed by atoms with van der Waals surface area (Å²) >= 11 is 0. The number of unbranched alkanes of at least 4 members (excludes halogenated alkanes) is 1. The molecule has 14 nitrogen and oxygen atoms in total. The lowest BCUT2D eigenvalue weighted by molar-refractivity contribution is -0.132. The van der Waals surface area contributed by atoms with E-state index in [1.54, 1.807) is 30.5 Å². The number of aliphatic hydroxyl groups excluding tert-OH is 2. The van der Waals surface area contributed by atoms with Crippen LogP contribution >= 0.6 is 0 Å². The van der Waals surface area contributed by atoms with Crippen molar-refractivity contribution in [3.05, 3.63) is 156 Å². The second-order valence-corrected chi connectivity index (χ2v) is 19.4. The largest absolute Gasteiger partial charge is 0.508 e. The zero-order chi connectivity index (χ0) is 49.1. The number of benzene rings is 4. The number of hydrogen-bond donors (Lipinski definition) is 5. The van der Waals surface area contributed by atoms with Crippen LogP contribution in [0.2, 0.25) is 0 Å². The van der Waals surface area contributed by atoms with E-state index in [4.69, 9.17) is 0 Å². The highest BCUT2D eigenvalue weighted by atomic mass is 16.3. The number of fused-ring (bicyclic) bond motifs is 1. The third-order valence-electron chi connectivity index (χ3n) is 12.9. The highest BCUT2D eigenvalue weighted by Crippen LogP contribution is 2.35. The molecule has 6 atom stereocenters. The molecule has 364 valence electrons. The van der Waals surface area contributed by atoms with E-state index in [1.165, 1.54) is 22.2 Å². The molecule has 0 spiro atoms. The van der Waals surface area contributed by atoms with Gasteiger partial charge in [0.15, 0.2) is 0 Å². The fourth-order valence-electron chi connectivity index (χ4n) is 9.47. The van der Waals surface area contributed by atoms with Gasteiger partial charge in [-0.1, -0.05) is 98.6 Å². The van der Waals surface area contributed by atoms with Crippen molar-refractivity contribution in [1.29, 1.82) is 0 Å². The summed E-state index contributed by atoms with van der Waals surface area (Å²) in [5.74, 6) is -1.74. The van der Waals surface area contributed by atoms with E-state index in [9.17, 15) is 34.5 Å². The SMILES string of the molecule is CC(C)(C)NC(=O)[C@@H]1CN(Cc2cccnc2)CCN1C[C@@H](O)C[C@@H](Cc1ccccc1)C(=O)N[C@H]1c2ccccc2C[C@H]1O.CCCCC1C(=O)N(c2ccccc2)N(c2ccc(O)cc2)C1=O. The molecule has 1 aromatic heterocycles. The first-order chi connectivity index (χ1) is 33.2. The number of hydrazine groups is 1. The molecular formula is C55H67N7O7. The zero-order valence-corrected chi connectivity index (χ0v) is 40.2.